The summed E-state index contributed by atoms with van der Waals surface area (Å²) in [7, 11) is 0. The molecule has 0 aliphatic rings. The lowest BCUT2D eigenvalue weighted by atomic mass is 10.2. The molecule has 10 heteroatoms. The molecule has 1 heterocycles. The van der Waals surface area contributed by atoms with Crippen molar-refractivity contribution in [2.75, 3.05) is 17.6 Å². The molecule has 0 aliphatic carbocycles. The molecule has 0 radical (unpaired) electrons. The van der Waals surface area contributed by atoms with Gasteiger partial charge in [-0.3, -0.25) is 10.1 Å². The summed E-state index contributed by atoms with van der Waals surface area (Å²) in [6.45, 7) is 10.6. The SMILES string of the molecule is CCN/C(CC)=N\N=C(/C)SCC(=O)Nc1nnc(-c2ccc(OC(C)C)cc2)s1. The summed E-state index contributed by atoms with van der Waals surface area (Å²) in [5, 5.41) is 24.4. The second-order valence-corrected chi connectivity index (χ2v) is 8.64. The first-order chi connectivity index (χ1) is 14.4. The van der Waals surface area contributed by atoms with E-state index in [1.165, 1.54) is 23.1 Å². The maximum absolute atomic E-state index is 12.2. The van der Waals surface area contributed by atoms with E-state index in [2.05, 4.69) is 31.0 Å². The minimum Gasteiger partial charge on any atom is -0.491 e. The van der Waals surface area contributed by atoms with Gasteiger partial charge in [0.05, 0.1) is 16.9 Å². The van der Waals surface area contributed by atoms with E-state index >= 15 is 0 Å². The third-order valence-corrected chi connectivity index (χ3v) is 5.38. The first-order valence-electron chi connectivity index (χ1n) is 9.79. The molecule has 1 aromatic heterocycles. The van der Waals surface area contributed by atoms with Crippen LogP contribution in [0.1, 0.15) is 41.0 Å². The number of aromatic nitrogens is 2. The molecule has 162 valence electrons. The van der Waals surface area contributed by atoms with E-state index in [0.717, 1.165) is 40.2 Å². The molecule has 0 fully saturated rings. The maximum atomic E-state index is 12.2. The van der Waals surface area contributed by atoms with Crippen LogP contribution in [0.25, 0.3) is 10.6 Å². The number of anilines is 1. The van der Waals surface area contributed by atoms with Crippen LogP contribution in [0.5, 0.6) is 5.75 Å². The van der Waals surface area contributed by atoms with E-state index in [1.54, 1.807) is 0 Å². The average Bonchev–Trinajstić information content (AvgIpc) is 3.18. The van der Waals surface area contributed by atoms with Gasteiger partial charge in [0.25, 0.3) is 0 Å². The molecule has 2 N–H and O–H groups in total. The monoisotopic (exact) mass is 448 g/mol. The van der Waals surface area contributed by atoms with Gasteiger partial charge in [0.2, 0.25) is 11.0 Å². The number of nitrogens with one attached hydrogen (secondary N) is 2. The molecule has 0 spiro atoms. The second kappa shape index (κ2) is 12.3. The zero-order valence-electron chi connectivity index (χ0n) is 17.9. The number of carbonyl (C=O) groups is 1. The molecule has 0 saturated carbocycles. The summed E-state index contributed by atoms with van der Waals surface area (Å²) < 4.78 is 5.64. The molecule has 30 heavy (non-hydrogen) atoms. The number of hydrogen-bond acceptors (Lipinski definition) is 8. The highest BCUT2D eigenvalue weighted by Gasteiger charge is 2.11. The predicted octanol–water partition coefficient (Wildman–Crippen LogP) is 4.42. The first-order valence-corrected chi connectivity index (χ1v) is 11.6. The Morgan fingerprint density at radius 2 is 1.93 bits per heavy atom. The molecule has 2 aromatic rings. The molecule has 0 bridgehead atoms. The van der Waals surface area contributed by atoms with Gasteiger partial charge in [-0.15, -0.1) is 20.4 Å². The lowest BCUT2D eigenvalue weighted by Gasteiger charge is -2.09. The summed E-state index contributed by atoms with van der Waals surface area (Å²) in [5.41, 5.74) is 0.923. The largest absolute Gasteiger partial charge is 0.491 e. The lowest BCUT2D eigenvalue weighted by Crippen LogP contribution is -2.21. The number of amidine groups is 1. The van der Waals surface area contributed by atoms with Crippen molar-refractivity contribution >= 4 is 45.0 Å². The molecule has 8 nitrogen and oxygen atoms in total. The number of amides is 1. The zero-order chi connectivity index (χ0) is 21.9. The van der Waals surface area contributed by atoms with E-state index in [0.29, 0.717) is 5.13 Å². The molecule has 1 aromatic carbocycles. The molecular weight excluding hydrogens is 420 g/mol. The number of nitrogens with zero attached hydrogens (tertiary/aromatic N) is 4. The Kier molecular flexibility index (Phi) is 9.75. The number of benzene rings is 1. The highest BCUT2D eigenvalue weighted by Crippen LogP contribution is 2.28. The summed E-state index contributed by atoms with van der Waals surface area (Å²) in [6.07, 6.45) is 0.905. The van der Waals surface area contributed by atoms with Crippen molar-refractivity contribution in [3.63, 3.8) is 0 Å². The highest BCUT2D eigenvalue weighted by molar-refractivity contribution is 8.14. The standard InChI is InChI=1S/C20H28N6O2S2/c1-6-17(21-7-2)24-23-14(5)29-12-18(27)22-20-26-25-19(30-20)15-8-10-16(11-9-15)28-13(3)4/h8-11,13H,6-7,12H2,1-5H3,(H,21,24)(H,22,26,27)/b23-14+. The Hall–Kier alpha value is -2.46. The van der Waals surface area contributed by atoms with Gasteiger partial charge in [0.1, 0.15) is 16.6 Å². The fourth-order valence-corrected chi connectivity index (χ4v) is 3.53. The summed E-state index contributed by atoms with van der Waals surface area (Å²) >= 11 is 2.66. The van der Waals surface area contributed by atoms with E-state index < -0.39 is 0 Å². The van der Waals surface area contributed by atoms with Crippen LogP contribution in [0.4, 0.5) is 5.13 Å². The third kappa shape index (κ3) is 8.11. The molecule has 0 atom stereocenters. The van der Waals surface area contributed by atoms with Crippen molar-refractivity contribution in [3.05, 3.63) is 24.3 Å². The fraction of sp³-hybridized carbons (Fsp3) is 0.450. The smallest absolute Gasteiger partial charge is 0.236 e. The van der Waals surface area contributed by atoms with Crippen molar-refractivity contribution in [2.45, 2.75) is 47.1 Å². The average molecular weight is 449 g/mol. The molecule has 0 unspecified atom stereocenters. The first kappa shape index (κ1) is 23.8. The van der Waals surface area contributed by atoms with Crippen LogP contribution in [0.15, 0.2) is 34.5 Å². The van der Waals surface area contributed by atoms with Crippen molar-refractivity contribution in [1.82, 2.24) is 15.5 Å². The Bertz CT molecular complexity index is 878. The van der Waals surface area contributed by atoms with Crippen LogP contribution >= 0.6 is 23.1 Å². The Morgan fingerprint density at radius 1 is 1.20 bits per heavy atom. The normalized spacial score (nSPS) is 12.2. The van der Waals surface area contributed by atoms with Gasteiger partial charge in [0.15, 0.2) is 0 Å². The molecule has 0 aliphatic heterocycles. The minimum atomic E-state index is -0.163. The van der Waals surface area contributed by atoms with Crippen LogP contribution < -0.4 is 15.4 Å². The summed E-state index contributed by atoms with van der Waals surface area (Å²) in [6, 6.07) is 7.66. The van der Waals surface area contributed by atoms with Gasteiger partial charge in [-0.05, 0) is 52.0 Å². The molecule has 2 rings (SSSR count). The third-order valence-electron chi connectivity index (χ3n) is 3.58. The van der Waals surface area contributed by atoms with Gasteiger partial charge in [-0.1, -0.05) is 30.0 Å². The van der Waals surface area contributed by atoms with Crippen LogP contribution in [0, 0.1) is 0 Å². The topological polar surface area (TPSA) is 101 Å². The fourth-order valence-electron chi connectivity index (χ4n) is 2.26. The van der Waals surface area contributed by atoms with Gasteiger partial charge >= 0.3 is 0 Å². The Morgan fingerprint density at radius 3 is 2.57 bits per heavy atom. The van der Waals surface area contributed by atoms with E-state index in [9.17, 15) is 4.79 Å². The quantitative estimate of drug-likeness (QED) is 0.335. The van der Waals surface area contributed by atoms with Crippen molar-refractivity contribution in [3.8, 4) is 16.3 Å². The van der Waals surface area contributed by atoms with Gasteiger partial charge in [-0.2, -0.15) is 0 Å². The van der Waals surface area contributed by atoms with Crippen molar-refractivity contribution < 1.29 is 9.53 Å². The van der Waals surface area contributed by atoms with Gasteiger partial charge in [0, 0.05) is 18.5 Å². The van der Waals surface area contributed by atoms with Crippen LogP contribution in [-0.4, -0.2) is 45.4 Å². The summed E-state index contributed by atoms with van der Waals surface area (Å²) in [5.74, 6) is 1.70. The Balaban J connectivity index is 1.87. The Labute approximate surface area is 185 Å². The number of carbonyl (C=O) groups excluding carboxylic acids is 1. The van der Waals surface area contributed by atoms with E-state index in [4.69, 9.17) is 4.74 Å². The second-order valence-electron chi connectivity index (χ2n) is 6.49. The minimum absolute atomic E-state index is 0.124. The molecule has 1 amide bonds. The summed E-state index contributed by atoms with van der Waals surface area (Å²) in [4.78, 5) is 12.2. The van der Waals surface area contributed by atoms with Crippen LogP contribution in [-0.2, 0) is 4.79 Å². The zero-order valence-corrected chi connectivity index (χ0v) is 19.6. The van der Waals surface area contributed by atoms with E-state index in [1.807, 2.05) is 58.9 Å². The molecular formula is C20H28N6O2S2. The number of thioether (sulfide) groups is 1. The van der Waals surface area contributed by atoms with Crippen molar-refractivity contribution in [2.24, 2.45) is 10.2 Å². The molecule has 0 saturated heterocycles. The number of hydrogen-bond donors (Lipinski definition) is 2. The number of ether oxygens (including phenoxy) is 1. The highest BCUT2D eigenvalue weighted by atomic mass is 32.2. The lowest BCUT2D eigenvalue weighted by molar-refractivity contribution is -0.113. The maximum Gasteiger partial charge on any atom is 0.236 e. The number of rotatable bonds is 9. The van der Waals surface area contributed by atoms with Crippen LogP contribution in [0.3, 0.4) is 0 Å². The predicted molar refractivity (Wildman–Crippen MR) is 127 cm³/mol. The van der Waals surface area contributed by atoms with Gasteiger partial charge in [-0.25, -0.2) is 0 Å². The van der Waals surface area contributed by atoms with E-state index in [-0.39, 0.29) is 17.8 Å². The van der Waals surface area contributed by atoms with Crippen LogP contribution in [0.2, 0.25) is 0 Å². The van der Waals surface area contributed by atoms with Gasteiger partial charge < -0.3 is 10.1 Å². The van der Waals surface area contributed by atoms with Crippen molar-refractivity contribution in [1.29, 1.82) is 0 Å².